The molecule has 1 aliphatic rings. The highest BCUT2D eigenvalue weighted by atomic mass is 35.5. The summed E-state index contributed by atoms with van der Waals surface area (Å²) in [5.41, 5.74) is -0.421. The molecule has 1 aliphatic carbocycles. The average Bonchev–Trinajstić information content (AvgIpc) is 2.34. The second kappa shape index (κ2) is 5.31. The topological polar surface area (TPSA) is 89.3 Å². The quantitative estimate of drug-likeness (QED) is 0.667. The monoisotopic (exact) mass is 318 g/mol. The van der Waals surface area contributed by atoms with Crippen LogP contribution in [0.3, 0.4) is 0 Å². The molecule has 0 spiro atoms. The van der Waals surface area contributed by atoms with E-state index in [1.54, 1.807) is 0 Å². The fraction of sp³-hybridized carbons (Fsp3) is 0.500. The van der Waals surface area contributed by atoms with Gasteiger partial charge in [0, 0.05) is 12.6 Å². The Hall–Kier alpha value is -1.18. The van der Waals surface area contributed by atoms with Gasteiger partial charge in [0.25, 0.3) is 5.69 Å². The second-order valence-corrected chi connectivity index (χ2v) is 7.53. The molecule has 6 nitrogen and oxygen atoms in total. The van der Waals surface area contributed by atoms with Crippen molar-refractivity contribution in [3.8, 4) is 0 Å². The maximum atomic E-state index is 12.1. The zero-order valence-electron chi connectivity index (χ0n) is 10.9. The molecule has 0 saturated heterocycles. The van der Waals surface area contributed by atoms with Crippen LogP contribution in [0.5, 0.6) is 0 Å². The first-order chi connectivity index (χ1) is 9.23. The zero-order valence-corrected chi connectivity index (χ0v) is 12.5. The van der Waals surface area contributed by atoms with Gasteiger partial charge in [0.15, 0.2) is 0 Å². The first-order valence-corrected chi connectivity index (χ1v) is 8.03. The number of benzene rings is 1. The molecule has 0 bridgehead atoms. The Morgan fingerprint density at radius 1 is 1.45 bits per heavy atom. The van der Waals surface area contributed by atoms with Crippen molar-refractivity contribution >= 4 is 27.3 Å². The predicted octanol–water partition coefficient (Wildman–Crippen LogP) is 2.72. The molecule has 0 aromatic heterocycles. The summed E-state index contributed by atoms with van der Waals surface area (Å²) in [6.45, 7) is 2.36. The largest absolute Gasteiger partial charge is 0.289 e. The zero-order chi connectivity index (χ0) is 15.0. The Morgan fingerprint density at radius 2 is 2.10 bits per heavy atom. The molecular formula is C12H15ClN2O4S. The summed E-state index contributed by atoms with van der Waals surface area (Å²) in [7, 11) is -3.76. The minimum Gasteiger partial charge on any atom is -0.258 e. The summed E-state index contributed by atoms with van der Waals surface area (Å²) in [4.78, 5) is 9.94. The standard InChI is InChI=1S/C12H15ClN2O4S/c1-12(5-2-6-12)8-14-20(18,19)9-3-4-10(13)11(7-9)15(16)17/h3-4,7,14H,2,5-6,8H2,1H3. The van der Waals surface area contributed by atoms with Gasteiger partial charge in [-0.1, -0.05) is 24.9 Å². The van der Waals surface area contributed by atoms with Crippen LogP contribution in [0, 0.1) is 15.5 Å². The number of nitro groups is 1. The van der Waals surface area contributed by atoms with Crippen molar-refractivity contribution in [2.75, 3.05) is 6.54 Å². The van der Waals surface area contributed by atoms with E-state index in [2.05, 4.69) is 4.72 Å². The fourth-order valence-electron chi connectivity index (χ4n) is 2.11. The number of hydrogen-bond acceptors (Lipinski definition) is 4. The molecular weight excluding hydrogens is 304 g/mol. The van der Waals surface area contributed by atoms with Gasteiger partial charge in [-0.25, -0.2) is 13.1 Å². The van der Waals surface area contributed by atoms with E-state index in [9.17, 15) is 18.5 Å². The summed E-state index contributed by atoms with van der Waals surface area (Å²) >= 11 is 5.67. The summed E-state index contributed by atoms with van der Waals surface area (Å²) < 4.78 is 26.8. The van der Waals surface area contributed by atoms with Gasteiger partial charge in [-0.3, -0.25) is 10.1 Å². The summed E-state index contributed by atoms with van der Waals surface area (Å²) in [6, 6.07) is 3.47. The van der Waals surface area contributed by atoms with Gasteiger partial charge >= 0.3 is 0 Å². The number of nitrogens with zero attached hydrogens (tertiary/aromatic N) is 1. The van der Waals surface area contributed by atoms with E-state index in [0.717, 1.165) is 25.3 Å². The normalized spacial score (nSPS) is 17.5. The Labute approximate surface area is 122 Å². The van der Waals surface area contributed by atoms with E-state index < -0.39 is 20.6 Å². The van der Waals surface area contributed by atoms with Crippen molar-refractivity contribution < 1.29 is 13.3 Å². The first kappa shape index (κ1) is 15.2. The van der Waals surface area contributed by atoms with Crippen molar-refractivity contribution in [3.63, 3.8) is 0 Å². The van der Waals surface area contributed by atoms with Crippen LogP contribution in [0.1, 0.15) is 26.2 Å². The maximum Gasteiger partial charge on any atom is 0.289 e. The van der Waals surface area contributed by atoms with E-state index in [1.807, 2.05) is 6.92 Å². The van der Waals surface area contributed by atoms with Crippen molar-refractivity contribution in [2.45, 2.75) is 31.1 Å². The van der Waals surface area contributed by atoms with Crippen LogP contribution < -0.4 is 4.72 Å². The van der Waals surface area contributed by atoms with Crippen molar-refractivity contribution in [3.05, 3.63) is 33.3 Å². The van der Waals surface area contributed by atoms with E-state index in [4.69, 9.17) is 11.6 Å². The van der Waals surface area contributed by atoms with Crippen molar-refractivity contribution in [1.29, 1.82) is 0 Å². The van der Waals surface area contributed by atoms with Gasteiger partial charge in [-0.15, -0.1) is 0 Å². The lowest BCUT2D eigenvalue weighted by atomic mass is 9.71. The minimum absolute atomic E-state index is 0.00850. The highest BCUT2D eigenvalue weighted by molar-refractivity contribution is 7.89. The van der Waals surface area contributed by atoms with Crippen molar-refractivity contribution in [1.82, 2.24) is 4.72 Å². The number of nitrogens with one attached hydrogen (secondary N) is 1. The fourth-order valence-corrected chi connectivity index (χ4v) is 3.51. The third-order valence-corrected chi connectivity index (χ3v) is 5.39. The van der Waals surface area contributed by atoms with Crippen LogP contribution in [0.4, 0.5) is 5.69 Å². The van der Waals surface area contributed by atoms with E-state index >= 15 is 0 Å². The average molecular weight is 319 g/mol. The molecule has 1 fully saturated rings. The lowest BCUT2D eigenvalue weighted by molar-refractivity contribution is -0.384. The Balaban J connectivity index is 2.21. The molecule has 0 atom stereocenters. The van der Waals surface area contributed by atoms with Gasteiger partial charge in [-0.05, 0) is 30.4 Å². The Morgan fingerprint density at radius 3 is 2.60 bits per heavy atom. The number of sulfonamides is 1. The van der Waals surface area contributed by atoms with Gasteiger partial charge in [0.2, 0.25) is 10.0 Å². The number of halogens is 1. The van der Waals surface area contributed by atoms with Crippen LogP contribution in [0.15, 0.2) is 23.1 Å². The van der Waals surface area contributed by atoms with E-state index in [-0.39, 0.29) is 15.3 Å². The van der Waals surface area contributed by atoms with Crippen LogP contribution in [-0.2, 0) is 10.0 Å². The summed E-state index contributed by atoms with van der Waals surface area (Å²) in [5.74, 6) is 0. The molecule has 110 valence electrons. The van der Waals surface area contributed by atoms with Gasteiger partial charge in [-0.2, -0.15) is 0 Å². The van der Waals surface area contributed by atoms with Crippen LogP contribution in [0.25, 0.3) is 0 Å². The molecule has 0 unspecified atom stereocenters. The predicted molar refractivity (Wildman–Crippen MR) is 75.3 cm³/mol. The molecule has 1 N–H and O–H groups in total. The van der Waals surface area contributed by atoms with Crippen LogP contribution in [0.2, 0.25) is 5.02 Å². The number of rotatable bonds is 5. The third kappa shape index (κ3) is 3.11. The smallest absolute Gasteiger partial charge is 0.258 e. The summed E-state index contributed by atoms with van der Waals surface area (Å²) in [5, 5.41) is 10.7. The Bertz CT molecular complexity index is 641. The van der Waals surface area contributed by atoms with E-state index in [0.29, 0.717) is 6.54 Å². The van der Waals surface area contributed by atoms with Gasteiger partial charge in [0.05, 0.1) is 9.82 Å². The molecule has 0 amide bonds. The molecule has 1 aromatic carbocycles. The summed E-state index contributed by atoms with van der Waals surface area (Å²) in [6.07, 6.45) is 3.07. The third-order valence-electron chi connectivity index (χ3n) is 3.67. The molecule has 0 aliphatic heterocycles. The van der Waals surface area contributed by atoms with Crippen LogP contribution in [-0.4, -0.2) is 19.9 Å². The SMILES string of the molecule is CC1(CNS(=O)(=O)c2ccc(Cl)c([N+](=O)[O-])c2)CCC1. The lowest BCUT2D eigenvalue weighted by Gasteiger charge is -2.38. The lowest BCUT2D eigenvalue weighted by Crippen LogP contribution is -2.39. The number of hydrogen-bond donors (Lipinski definition) is 1. The molecule has 1 aromatic rings. The van der Waals surface area contributed by atoms with Crippen LogP contribution >= 0.6 is 11.6 Å². The van der Waals surface area contributed by atoms with E-state index in [1.165, 1.54) is 12.1 Å². The minimum atomic E-state index is -3.76. The number of nitro benzene ring substituents is 1. The molecule has 0 radical (unpaired) electrons. The second-order valence-electron chi connectivity index (χ2n) is 5.36. The maximum absolute atomic E-state index is 12.1. The molecule has 0 heterocycles. The van der Waals surface area contributed by atoms with Gasteiger partial charge in [0.1, 0.15) is 5.02 Å². The van der Waals surface area contributed by atoms with Crippen molar-refractivity contribution in [2.24, 2.45) is 5.41 Å². The Kier molecular flexibility index (Phi) is 4.04. The molecule has 8 heteroatoms. The van der Waals surface area contributed by atoms with Gasteiger partial charge < -0.3 is 0 Å². The highest BCUT2D eigenvalue weighted by Crippen LogP contribution is 2.39. The molecule has 1 saturated carbocycles. The first-order valence-electron chi connectivity index (χ1n) is 6.17. The molecule has 20 heavy (non-hydrogen) atoms. The highest BCUT2D eigenvalue weighted by Gasteiger charge is 2.33. The molecule has 2 rings (SSSR count).